The summed E-state index contributed by atoms with van der Waals surface area (Å²) in [5.74, 6) is 1.78. The topological polar surface area (TPSA) is 29.0 Å². The van der Waals surface area contributed by atoms with Crippen molar-refractivity contribution in [3.8, 4) is 22.3 Å². The molecule has 0 radical (unpaired) electrons. The summed E-state index contributed by atoms with van der Waals surface area (Å²) in [7, 11) is 0. The van der Waals surface area contributed by atoms with E-state index >= 15 is 0 Å². The summed E-state index contributed by atoms with van der Waals surface area (Å²) < 4.78 is 0. The summed E-state index contributed by atoms with van der Waals surface area (Å²) in [5.41, 5.74) is 8.06. The molecule has 7 aromatic rings. The van der Waals surface area contributed by atoms with Crippen LogP contribution in [0.25, 0.3) is 43.8 Å². The van der Waals surface area contributed by atoms with Gasteiger partial charge in [-0.3, -0.25) is 4.90 Å². The molecule has 0 fully saturated rings. The number of aromatic nitrogens is 2. The van der Waals surface area contributed by atoms with E-state index < -0.39 is 0 Å². The van der Waals surface area contributed by atoms with Crippen LogP contribution in [-0.4, -0.2) is 9.97 Å². The van der Waals surface area contributed by atoms with Gasteiger partial charge in [-0.1, -0.05) is 105 Å². The molecular formula is C39H29N3. The monoisotopic (exact) mass is 539 g/mol. The summed E-state index contributed by atoms with van der Waals surface area (Å²) in [4.78, 5) is 12.1. The van der Waals surface area contributed by atoms with Crippen LogP contribution >= 0.6 is 0 Å². The third-order valence-electron chi connectivity index (χ3n) is 8.72. The molecule has 5 aromatic carbocycles. The fourth-order valence-electron chi connectivity index (χ4n) is 6.68. The van der Waals surface area contributed by atoms with Crippen LogP contribution in [0.5, 0.6) is 0 Å². The maximum Gasteiger partial charge on any atom is 0.143 e. The first kappa shape index (κ1) is 24.5. The molecule has 2 aromatic heterocycles. The number of benzene rings is 5. The first-order chi connectivity index (χ1) is 20.6. The summed E-state index contributed by atoms with van der Waals surface area (Å²) >= 11 is 0. The normalized spacial score (nSPS) is 13.6. The average Bonchev–Trinajstić information content (AvgIpc) is 3.04. The number of rotatable bonds is 3. The average molecular weight is 540 g/mol. The highest BCUT2D eigenvalue weighted by Gasteiger charge is 2.40. The van der Waals surface area contributed by atoms with Gasteiger partial charge in [-0.15, -0.1) is 0 Å². The minimum Gasteiger partial charge on any atom is -0.278 e. The highest BCUT2D eigenvalue weighted by atomic mass is 15.2. The highest BCUT2D eigenvalue weighted by Crippen LogP contribution is 2.54. The molecule has 0 aliphatic carbocycles. The Hall–Kier alpha value is -5.28. The summed E-state index contributed by atoms with van der Waals surface area (Å²) in [6, 6.07) is 45.6. The standard InChI is InChI=1S/C39H29N3/c1-39(2)34-25-30(32-15-9-13-27-11-5-6-14-31(27)32)19-20-35(34)42(36-16-7-8-22-40-36)38-37(39)33(21-23-41-38)29-18-17-26-10-3-4-12-28(26)24-29/h3-25H,1-2H3. The Morgan fingerprint density at radius 1 is 0.548 bits per heavy atom. The summed E-state index contributed by atoms with van der Waals surface area (Å²) in [5, 5.41) is 4.97. The molecule has 3 heterocycles. The molecule has 0 saturated heterocycles. The van der Waals surface area contributed by atoms with Crippen LogP contribution in [0.3, 0.4) is 0 Å². The van der Waals surface area contributed by atoms with Crippen LogP contribution < -0.4 is 4.90 Å². The van der Waals surface area contributed by atoms with Gasteiger partial charge in [-0.2, -0.15) is 0 Å². The minimum absolute atomic E-state index is 0.328. The lowest BCUT2D eigenvalue weighted by molar-refractivity contribution is 0.629. The second-order valence-electron chi connectivity index (χ2n) is 11.5. The molecule has 8 rings (SSSR count). The molecule has 200 valence electrons. The highest BCUT2D eigenvalue weighted by molar-refractivity contribution is 5.98. The van der Waals surface area contributed by atoms with Gasteiger partial charge in [0.2, 0.25) is 0 Å². The van der Waals surface area contributed by atoms with E-state index in [9.17, 15) is 0 Å². The van der Waals surface area contributed by atoms with Crippen LogP contribution in [0.4, 0.5) is 17.3 Å². The largest absolute Gasteiger partial charge is 0.278 e. The van der Waals surface area contributed by atoms with Gasteiger partial charge < -0.3 is 0 Å². The van der Waals surface area contributed by atoms with Gasteiger partial charge in [-0.25, -0.2) is 9.97 Å². The number of hydrogen-bond acceptors (Lipinski definition) is 3. The molecule has 0 bridgehead atoms. The van der Waals surface area contributed by atoms with Crippen molar-refractivity contribution < 1.29 is 0 Å². The molecule has 0 saturated carbocycles. The number of pyridine rings is 2. The van der Waals surface area contributed by atoms with Crippen molar-refractivity contribution >= 4 is 38.9 Å². The van der Waals surface area contributed by atoms with Crippen molar-refractivity contribution in [2.24, 2.45) is 0 Å². The fourth-order valence-corrected chi connectivity index (χ4v) is 6.68. The Balaban J connectivity index is 1.40. The van der Waals surface area contributed by atoms with E-state index in [1.807, 2.05) is 24.5 Å². The SMILES string of the molecule is CC1(C)c2cc(-c3cccc4ccccc34)ccc2N(c2ccccn2)c2nccc(-c3ccc4ccccc4c3)c21. The second-order valence-corrected chi connectivity index (χ2v) is 11.5. The van der Waals surface area contributed by atoms with E-state index in [0.717, 1.165) is 17.3 Å². The van der Waals surface area contributed by atoms with Crippen molar-refractivity contribution in [2.45, 2.75) is 19.3 Å². The maximum absolute atomic E-state index is 5.03. The summed E-state index contributed by atoms with van der Waals surface area (Å²) in [6.45, 7) is 4.67. The maximum atomic E-state index is 5.03. The van der Waals surface area contributed by atoms with Gasteiger partial charge >= 0.3 is 0 Å². The number of nitrogens with zero attached hydrogens (tertiary/aromatic N) is 3. The van der Waals surface area contributed by atoms with Crippen molar-refractivity contribution in [3.63, 3.8) is 0 Å². The zero-order valence-electron chi connectivity index (χ0n) is 23.6. The van der Waals surface area contributed by atoms with Crippen LogP contribution in [-0.2, 0) is 5.41 Å². The fraction of sp³-hybridized carbons (Fsp3) is 0.0769. The van der Waals surface area contributed by atoms with Crippen LogP contribution in [0.1, 0.15) is 25.0 Å². The van der Waals surface area contributed by atoms with E-state index in [2.05, 4.69) is 134 Å². The van der Waals surface area contributed by atoms with Gasteiger partial charge in [0.05, 0.1) is 5.69 Å². The Labute approximate surface area is 245 Å². The van der Waals surface area contributed by atoms with Gasteiger partial charge in [0.1, 0.15) is 11.6 Å². The Kier molecular flexibility index (Phi) is 5.48. The molecule has 0 unspecified atom stereocenters. The molecule has 0 atom stereocenters. The molecule has 42 heavy (non-hydrogen) atoms. The van der Waals surface area contributed by atoms with Crippen LogP contribution in [0.15, 0.2) is 140 Å². The molecule has 3 nitrogen and oxygen atoms in total. The third-order valence-corrected chi connectivity index (χ3v) is 8.72. The first-order valence-corrected chi connectivity index (χ1v) is 14.4. The lowest BCUT2D eigenvalue weighted by Gasteiger charge is -2.42. The zero-order valence-corrected chi connectivity index (χ0v) is 23.6. The Morgan fingerprint density at radius 3 is 2.14 bits per heavy atom. The molecule has 1 aliphatic heterocycles. The Bertz CT molecular complexity index is 2120. The van der Waals surface area contributed by atoms with E-state index in [1.165, 1.54) is 54.9 Å². The number of fused-ring (bicyclic) bond motifs is 4. The number of hydrogen-bond donors (Lipinski definition) is 0. The van der Waals surface area contributed by atoms with Crippen LogP contribution in [0.2, 0.25) is 0 Å². The van der Waals surface area contributed by atoms with Gasteiger partial charge in [0.15, 0.2) is 0 Å². The number of anilines is 3. The molecule has 1 aliphatic rings. The molecular weight excluding hydrogens is 510 g/mol. The third kappa shape index (κ3) is 3.74. The molecule has 0 N–H and O–H groups in total. The van der Waals surface area contributed by atoms with Crippen molar-refractivity contribution in [1.82, 2.24) is 9.97 Å². The van der Waals surface area contributed by atoms with Crippen molar-refractivity contribution in [3.05, 3.63) is 151 Å². The van der Waals surface area contributed by atoms with Gasteiger partial charge in [0, 0.05) is 23.4 Å². The quantitative estimate of drug-likeness (QED) is 0.224. The van der Waals surface area contributed by atoms with Gasteiger partial charge in [-0.05, 0) is 85.8 Å². The van der Waals surface area contributed by atoms with Crippen LogP contribution in [0, 0.1) is 0 Å². The first-order valence-electron chi connectivity index (χ1n) is 14.4. The lowest BCUT2D eigenvalue weighted by atomic mass is 9.71. The second kappa shape index (κ2) is 9.39. The van der Waals surface area contributed by atoms with E-state index in [0.29, 0.717) is 0 Å². The predicted molar refractivity (Wildman–Crippen MR) is 175 cm³/mol. The van der Waals surface area contributed by atoms with E-state index in [1.54, 1.807) is 0 Å². The van der Waals surface area contributed by atoms with Crippen molar-refractivity contribution in [2.75, 3.05) is 4.90 Å². The van der Waals surface area contributed by atoms with Gasteiger partial charge in [0.25, 0.3) is 0 Å². The molecule has 0 spiro atoms. The minimum atomic E-state index is -0.328. The van der Waals surface area contributed by atoms with E-state index in [-0.39, 0.29) is 5.41 Å². The predicted octanol–water partition coefficient (Wildman–Crippen LogP) is 10.2. The zero-order chi connectivity index (χ0) is 28.3. The van der Waals surface area contributed by atoms with E-state index in [4.69, 9.17) is 9.97 Å². The smallest absolute Gasteiger partial charge is 0.143 e. The molecule has 3 heteroatoms. The summed E-state index contributed by atoms with van der Waals surface area (Å²) in [6.07, 6.45) is 3.79. The Morgan fingerprint density at radius 2 is 1.29 bits per heavy atom. The molecule has 0 amide bonds. The lowest BCUT2D eigenvalue weighted by Crippen LogP contribution is -2.32. The van der Waals surface area contributed by atoms with Crippen molar-refractivity contribution in [1.29, 1.82) is 0 Å².